The molecule has 0 saturated heterocycles. The topological polar surface area (TPSA) is 108 Å². The number of rotatable bonds is 4. The maximum atomic E-state index is 12.7. The first-order valence-electron chi connectivity index (χ1n) is 8.47. The average Bonchev–Trinajstić information content (AvgIpc) is 2.69. The van der Waals surface area contributed by atoms with Gasteiger partial charge in [0.25, 0.3) is 0 Å². The largest absolute Gasteiger partial charge is 0.349 e. The number of carbonyl (C=O) groups excluding carboxylic acids is 2. The van der Waals surface area contributed by atoms with Crippen molar-refractivity contribution in [1.29, 1.82) is 0 Å². The van der Waals surface area contributed by atoms with Gasteiger partial charge in [0.05, 0.1) is 23.5 Å². The van der Waals surface area contributed by atoms with Crippen LogP contribution in [0.5, 0.6) is 0 Å². The Morgan fingerprint density at radius 2 is 1.83 bits per heavy atom. The normalized spacial score (nSPS) is 10.6. The van der Waals surface area contributed by atoms with E-state index in [4.69, 9.17) is 17.3 Å². The number of aryl methyl sites for hydroxylation is 1. The van der Waals surface area contributed by atoms with Gasteiger partial charge in [-0.3, -0.25) is 14.4 Å². The van der Waals surface area contributed by atoms with Gasteiger partial charge in [-0.15, -0.1) is 5.06 Å². The number of hydrogen-bond acceptors (Lipinski definition) is 5. The van der Waals surface area contributed by atoms with E-state index in [0.29, 0.717) is 22.0 Å². The van der Waals surface area contributed by atoms with Crippen LogP contribution in [0, 0.1) is 6.92 Å². The van der Waals surface area contributed by atoms with Gasteiger partial charge in [0.15, 0.2) is 5.69 Å². The van der Waals surface area contributed by atoms with Crippen molar-refractivity contribution in [3.05, 3.63) is 81.1 Å². The van der Waals surface area contributed by atoms with E-state index in [9.17, 15) is 14.4 Å². The number of amides is 3. The van der Waals surface area contributed by atoms with Crippen LogP contribution in [-0.4, -0.2) is 33.9 Å². The average molecular weight is 413 g/mol. The lowest BCUT2D eigenvalue weighted by Crippen LogP contribution is -2.42. The third-order valence-electron chi connectivity index (χ3n) is 4.10. The number of nitrogens with zero attached hydrogens (tertiary/aromatic N) is 3. The summed E-state index contributed by atoms with van der Waals surface area (Å²) in [6.07, 6.45) is 0. The number of hydrogen-bond donors (Lipinski definition) is 1. The summed E-state index contributed by atoms with van der Waals surface area (Å²) in [6.45, 7) is 1.88. The van der Waals surface area contributed by atoms with E-state index in [-0.39, 0.29) is 5.06 Å². The van der Waals surface area contributed by atoms with Crippen molar-refractivity contribution in [2.24, 2.45) is 5.73 Å². The monoisotopic (exact) mass is 412 g/mol. The zero-order valence-corrected chi connectivity index (χ0v) is 16.4. The molecule has 0 atom stereocenters. The van der Waals surface area contributed by atoms with Crippen LogP contribution in [0.2, 0.25) is 5.02 Å². The van der Waals surface area contributed by atoms with Crippen molar-refractivity contribution in [2.45, 2.75) is 6.92 Å². The molecule has 29 heavy (non-hydrogen) atoms. The Labute approximate surface area is 171 Å². The maximum Gasteiger partial charge on any atom is 0.346 e. The van der Waals surface area contributed by atoms with Crippen LogP contribution < -0.4 is 11.2 Å². The number of nitrogens with two attached hydrogens (primary N) is 1. The number of primary amides is 1. The van der Waals surface area contributed by atoms with Crippen molar-refractivity contribution < 1.29 is 14.4 Å². The summed E-state index contributed by atoms with van der Waals surface area (Å²) in [5, 5.41) is 4.83. The zero-order valence-electron chi connectivity index (χ0n) is 15.6. The predicted molar refractivity (Wildman–Crippen MR) is 108 cm³/mol. The Balaban J connectivity index is 2.29. The van der Waals surface area contributed by atoms with Crippen LogP contribution >= 0.6 is 11.6 Å². The van der Waals surface area contributed by atoms with Crippen LogP contribution in [-0.2, 0) is 4.84 Å². The second-order valence-corrected chi connectivity index (χ2v) is 6.50. The van der Waals surface area contributed by atoms with Gasteiger partial charge in [0.1, 0.15) is 0 Å². The summed E-state index contributed by atoms with van der Waals surface area (Å²) < 4.78 is 1.38. The van der Waals surface area contributed by atoms with E-state index in [0.717, 1.165) is 12.7 Å². The van der Waals surface area contributed by atoms with E-state index in [1.165, 1.54) is 10.7 Å². The molecule has 3 amide bonds. The molecule has 0 aliphatic rings. The minimum atomic E-state index is -1.18. The number of urea groups is 1. The van der Waals surface area contributed by atoms with Gasteiger partial charge in [0, 0.05) is 11.6 Å². The molecule has 1 heterocycles. The molecule has 0 aliphatic heterocycles. The van der Waals surface area contributed by atoms with Gasteiger partial charge in [-0.2, -0.15) is 5.10 Å². The lowest BCUT2D eigenvalue weighted by atomic mass is 10.1. The fourth-order valence-electron chi connectivity index (χ4n) is 2.76. The number of carbonyl (C=O) groups is 2. The molecule has 9 heteroatoms. The van der Waals surface area contributed by atoms with Gasteiger partial charge in [-0.25, -0.2) is 9.48 Å². The molecule has 0 saturated carbocycles. The third-order valence-corrected chi connectivity index (χ3v) is 4.40. The summed E-state index contributed by atoms with van der Waals surface area (Å²) >= 11 is 6.40. The first-order valence-corrected chi connectivity index (χ1v) is 8.85. The highest BCUT2D eigenvalue weighted by Gasteiger charge is 2.27. The summed E-state index contributed by atoms with van der Waals surface area (Å²) in [4.78, 5) is 41.4. The summed E-state index contributed by atoms with van der Waals surface area (Å²) in [7, 11) is 1.08. The molecule has 8 nitrogen and oxygen atoms in total. The summed E-state index contributed by atoms with van der Waals surface area (Å²) in [5.74, 6) is -1.08. The third kappa shape index (κ3) is 4.03. The van der Waals surface area contributed by atoms with Crippen molar-refractivity contribution >= 4 is 23.5 Å². The molecule has 2 aromatic carbocycles. The van der Waals surface area contributed by atoms with E-state index in [1.807, 2.05) is 19.1 Å². The standard InChI is InChI=1S/C20H17ClN4O4/c1-12-8-9-15(14(21)10-12)24-16(13-6-4-3-5-7-13)11-17(26)18(23-24)19(27)25(29-2)20(22)28/h3-11H,1-2H3,(H2,22,28). The Morgan fingerprint density at radius 3 is 2.41 bits per heavy atom. The van der Waals surface area contributed by atoms with Gasteiger partial charge >= 0.3 is 11.9 Å². The SMILES string of the molecule is CON(C(N)=O)C(=O)c1nn(-c2ccc(C)cc2Cl)c(-c2ccccc2)cc1=O. The van der Waals surface area contributed by atoms with Crippen LogP contribution in [0.4, 0.5) is 4.79 Å². The minimum Gasteiger partial charge on any atom is -0.349 e. The van der Waals surface area contributed by atoms with Gasteiger partial charge in [-0.1, -0.05) is 48.0 Å². The molecule has 0 radical (unpaired) electrons. The van der Waals surface area contributed by atoms with Crippen LogP contribution in [0.3, 0.4) is 0 Å². The molecule has 0 aliphatic carbocycles. The van der Waals surface area contributed by atoms with E-state index in [1.54, 1.807) is 36.4 Å². The molecule has 0 bridgehead atoms. The number of aromatic nitrogens is 2. The Hall–Kier alpha value is -3.49. The van der Waals surface area contributed by atoms with Gasteiger partial charge < -0.3 is 5.73 Å². The predicted octanol–water partition coefficient (Wildman–Crippen LogP) is 2.94. The Bertz CT molecular complexity index is 1140. The van der Waals surface area contributed by atoms with Crippen molar-refractivity contribution in [3.8, 4) is 16.9 Å². The van der Waals surface area contributed by atoms with Crippen LogP contribution in [0.15, 0.2) is 59.4 Å². The van der Waals surface area contributed by atoms with Crippen molar-refractivity contribution in [3.63, 3.8) is 0 Å². The summed E-state index contributed by atoms with van der Waals surface area (Å²) in [5.41, 5.74) is 6.38. The van der Waals surface area contributed by atoms with E-state index >= 15 is 0 Å². The molecular weight excluding hydrogens is 396 g/mol. The maximum absolute atomic E-state index is 12.7. The second kappa shape index (κ2) is 8.26. The fourth-order valence-corrected chi connectivity index (χ4v) is 3.07. The zero-order chi connectivity index (χ0) is 21.1. The lowest BCUT2D eigenvalue weighted by molar-refractivity contribution is -0.0567. The van der Waals surface area contributed by atoms with E-state index < -0.39 is 23.1 Å². The summed E-state index contributed by atoms with van der Waals surface area (Å²) in [6, 6.07) is 14.4. The second-order valence-electron chi connectivity index (χ2n) is 6.10. The van der Waals surface area contributed by atoms with Gasteiger partial charge in [-0.05, 0) is 24.6 Å². The van der Waals surface area contributed by atoms with Gasteiger partial charge in [0.2, 0.25) is 5.43 Å². The minimum absolute atomic E-state index is 0.257. The van der Waals surface area contributed by atoms with E-state index in [2.05, 4.69) is 9.94 Å². The fraction of sp³-hybridized carbons (Fsp3) is 0.100. The first kappa shape index (κ1) is 20.2. The number of benzene rings is 2. The highest BCUT2D eigenvalue weighted by molar-refractivity contribution is 6.32. The molecule has 0 fully saturated rings. The highest BCUT2D eigenvalue weighted by Crippen LogP contribution is 2.26. The molecule has 1 aromatic heterocycles. The molecule has 3 rings (SSSR count). The van der Waals surface area contributed by atoms with Crippen molar-refractivity contribution in [2.75, 3.05) is 7.11 Å². The Morgan fingerprint density at radius 1 is 1.14 bits per heavy atom. The molecule has 3 aromatic rings. The molecule has 0 spiro atoms. The number of imide groups is 1. The number of hydroxylamine groups is 2. The van der Waals surface area contributed by atoms with Crippen LogP contribution in [0.25, 0.3) is 16.9 Å². The molecule has 2 N–H and O–H groups in total. The quantitative estimate of drug-likeness (QED) is 0.663. The van der Waals surface area contributed by atoms with Crippen LogP contribution in [0.1, 0.15) is 16.1 Å². The molecule has 148 valence electrons. The first-order chi connectivity index (χ1) is 13.8. The molecule has 0 unspecified atom stereocenters. The number of halogens is 1. The lowest BCUT2D eigenvalue weighted by Gasteiger charge is -2.18. The smallest absolute Gasteiger partial charge is 0.346 e. The van der Waals surface area contributed by atoms with Crippen molar-refractivity contribution in [1.82, 2.24) is 14.8 Å². The Kier molecular flexibility index (Phi) is 5.76. The highest BCUT2D eigenvalue weighted by atomic mass is 35.5. The molecular formula is C20H17ClN4O4.